The number of anilines is 1. The number of hydrogen-bond acceptors (Lipinski definition) is 1. The first kappa shape index (κ1) is 15.5. The fraction of sp³-hybridized carbons (Fsp3) is 0.235. The Hall–Kier alpha value is -1.87. The number of carbonyl (C=O) groups is 1. The van der Waals surface area contributed by atoms with Crippen LogP contribution in [0.15, 0.2) is 42.5 Å². The molecule has 0 aromatic heterocycles. The Morgan fingerprint density at radius 3 is 2.76 bits per heavy atom. The Morgan fingerprint density at radius 2 is 2.05 bits per heavy atom. The second-order valence-corrected chi connectivity index (χ2v) is 5.31. The Balaban J connectivity index is 2.12. The van der Waals surface area contributed by atoms with Crippen molar-refractivity contribution in [1.82, 2.24) is 0 Å². The molecule has 0 fully saturated rings. The van der Waals surface area contributed by atoms with Crippen LogP contribution in [0.25, 0.3) is 0 Å². The quantitative estimate of drug-likeness (QED) is 0.806. The van der Waals surface area contributed by atoms with Gasteiger partial charge in [0.2, 0.25) is 0 Å². The molecule has 0 unspecified atom stereocenters. The fourth-order valence-corrected chi connectivity index (χ4v) is 2.21. The van der Waals surface area contributed by atoms with E-state index in [2.05, 4.69) is 5.32 Å². The van der Waals surface area contributed by atoms with Crippen LogP contribution in [-0.4, -0.2) is 11.8 Å². The summed E-state index contributed by atoms with van der Waals surface area (Å²) in [6.45, 7) is 1.78. The summed E-state index contributed by atoms with van der Waals surface area (Å²) in [7, 11) is 0. The van der Waals surface area contributed by atoms with E-state index in [4.69, 9.17) is 11.6 Å². The second-order valence-electron chi connectivity index (χ2n) is 4.93. The maximum absolute atomic E-state index is 13.8. The van der Waals surface area contributed by atoms with Crippen molar-refractivity contribution in [2.24, 2.45) is 0 Å². The molecule has 0 saturated heterocycles. The minimum absolute atomic E-state index is 0.0479. The summed E-state index contributed by atoms with van der Waals surface area (Å²) in [6.07, 6.45) is 1.73. The van der Waals surface area contributed by atoms with Crippen LogP contribution in [0, 0.1) is 12.7 Å². The second kappa shape index (κ2) is 7.23. The highest BCUT2D eigenvalue weighted by atomic mass is 35.5. The molecule has 110 valence electrons. The molecule has 4 heteroatoms. The Kier molecular flexibility index (Phi) is 5.34. The molecule has 2 rings (SSSR count). The largest absolute Gasteiger partial charge is 0.322 e. The zero-order valence-corrected chi connectivity index (χ0v) is 12.6. The lowest BCUT2D eigenvalue weighted by molar-refractivity contribution is 0.102. The topological polar surface area (TPSA) is 29.1 Å². The average Bonchev–Trinajstić information content (AvgIpc) is 2.45. The van der Waals surface area contributed by atoms with Gasteiger partial charge in [0.15, 0.2) is 0 Å². The molecule has 0 spiro atoms. The van der Waals surface area contributed by atoms with Crippen molar-refractivity contribution in [3.05, 3.63) is 65.0 Å². The van der Waals surface area contributed by atoms with Crippen LogP contribution in [0.4, 0.5) is 10.1 Å². The number of nitrogens with one attached hydrogen (secondary N) is 1. The van der Waals surface area contributed by atoms with Gasteiger partial charge in [-0.15, -0.1) is 11.6 Å². The summed E-state index contributed by atoms with van der Waals surface area (Å²) in [5, 5.41) is 2.72. The molecule has 0 atom stereocenters. The summed E-state index contributed by atoms with van der Waals surface area (Å²) < 4.78 is 13.8. The molecule has 0 radical (unpaired) electrons. The van der Waals surface area contributed by atoms with Gasteiger partial charge in [-0.2, -0.15) is 0 Å². The minimum Gasteiger partial charge on any atom is -0.322 e. The van der Waals surface area contributed by atoms with E-state index in [0.29, 0.717) is 11.6 Å². The number of aryl methyl sites for hydroxylation is 2. The third-order valence-corrected chi connectivity index (χ3v) is 3.42. The van der Waals surface area contributed by atoms with Crippen LogP contribution < -0.4 is 5.32 Å². The van der Waals surface area contributed by atoms with Gasteiger partial charge in [0.25, 0.3) is 5.91 Å². The van der Waals surface area contributed by atoms with Gasteiger partial charge in [0.1, 0.15) is 5.82 Å². The third kappa shape index (κ3) is 4.30. The fourth-order valence-electron chi connectivity index (χ4n) is 2.08. The predicted molar refractivity (Wildman–Crippen MR) is 84.6 cm³/mol. The molecule has 0 saturated carbocycles. The molecule has 1 N–H and O–H groups in total. The lowest BCUT2D eigenvalue weighted by Gasteiger charge is -2.08. The van der Waals surface area contributed by atoms with E-state index in [-0.39, 0.29) is 5.56 Å². The van der Waals surface area contributed by atoms with Crippen molar-refractivity contribution in [3.8, 4) is 0 Å². The Morgan fingerprint density at radius 1 is 1.24 bits per heavy atom. The number of rotatable bonds is 5. The van der Waals surface area contributed by atoms with Crippen molar-refractivity contribution in [3.63, 3.8) is 0 Å². The molecule has 1 amide bonds. The number of hydrogen-bond donors (Lipinski definition) is 1. The van der Waals surface area contributed by atoms with Gasteiger partial charge in [-0.3, -0.25) is 4.79 Å². The van der Waals surface area contributed by atoms with Crippen LogP contribution in [-0.2, 0) is 6.42 Å². The molecule has 0 aliphatic heterocycles. The smallest absolute Gasteiger partial charge is 0.258 e. The van der Waals surface area contributed by atoms with Crippen LogP contribution in [0.2, 0.25) is 0 Å². The van der Waals surface area contributed by atoms with Gasteiger partial charge in [-0.1, -0.05) is 18.2 Å². The first-order chi connectivity index (χ1) is 10.1. The summed E-state index contributed by atoms with van der Waals surface area (Å²) in [6, 6.07) is 12.1. The maximum Gasteiger partial charge on any atom is 0.258 e. The van der Waals surface area contributed by atoms with E-state index >= 15 is 0 Å². The number of alkyl halides is 1. The SMILES string of the molecule is Cc1ccc(C(=O)Nc2cccc(CCCCl)c2)c(F)c1. The normalized spacial score (nSPS) is 10.4. The molecular weight excluding hydrogens is 289 g/mol. The van der Waals surface area contributed by atoms with Crippen molar-refractivity contribution in [2.75, 3.05) is 11.2 Å². The predicted octanol–water partition coefficient (Wildman–Crippen LogP) is 4.56. The molecule has 2 aromatic carbocycles. The summed E-state index contributed by atoms with van der Waals surface area (Å²) >= 11 is 5.67. The standard InChI is InChI=1S/C17H17ClFNO/c1-12-7-8-15(16(19)10-12)17(21)20-14-6-2-4-13(11-14)5-3-9-18/h2,4,6-8,10-11H,3,5,9H2,1H3,(H,20,21). The number of carbonyl (C=O) groups excluding carboxylic acids is 1. The van der Waals surface area contributed by atoms with Crippen LogP contribution >= 0.6 is 11.6 Å². The van der Waals surface area contributed by atoms with E-state index in [0.717, 1.165) is 24.0 Å². The molecule has 2 nitrogen and oxygen atoms in total. The molecule has 0 bridgehead atoms. The zero-order valence-electron chi connectivity index (χ0n) is 11.8. The maximum atomic E-state index is 13.8. The van der Waals surface area contributed by atoms with Gasteiger partial charge in [0.05, 0.1) is 5.56 Å². The number of amides is 1. The van der Waals surface area contributed by atoms with E-state index in [1.54, 1.807) is 19.1 Å². The van der Waals surface area contributed by atoms with Gasteiger partial charge in [-0.05, 0) is 55.2 Å². The number of halogens is 2. The first-order valence-electron chi connectivity index (χ1n) is 6.82. The van der Waals surface area contributed by atoms with Gasteiger partial charge < -0.3 is 5.32 Å². The molecule has 0 aliphatic rings. The summed E-state index contributed by atoms with van der Waals surface area (Å²) in [5.41, 5.74) is 2.59. The van der Waals surface area contributed by atoms with Crippen LogP contribution in [0.5, 0.6) is 0 Å². The Labute approximate surface area is 128 Å². The minimum atomic E-state index is -0.509. The lowest BCUT2D eigenvalue weighted by Crippen LogP contribution is -2.14. The average molecular weight is 306 g/mol. The van der Waals surface area contributed by atoms with Crippen LogP contribution in [0.3, 0.4) is 0 Å². The van der Waals surface area contributed by atoms with Gasteiger partial charge in [-0.25, -0.2) is 4.39 Å². The van der Waals surface area contributed by atoms with E-state index < -0.39 is 11.7 Å². The van der Waals surface area contributed by atoms with Crippen molar-refractivity contribution >= 4 is 23.2 Å². The van der Waals surface area contributed by atoms with E-state index in [1.165, 1.54) is 12.1 Å². The Bertz CT molecular complexity index is 642. The highest BCUT2D eigenvalue weighted by Gasteiger charge is 2.11. The van der Waals surface area contributed by atoms with E-state index in [9.17, 15) is 9.18 Å². The third-order valence-electron chi connectivity index (χ3n) is 3.15. The van der Waals surface area contributed by atoms with Crippen LogP contribution in [0.1, 0.15) is 27.9 Å². The monoisotopic (exact) mass is 305 g/mol. The molecule has 21 heavy (non-hydrogen) atoms. The lowest BCUT2D eigenvalue weighted by atomic mass is 10.1. The van der Waals surface area contributed by atoms with Gasteiger partial charge in [0, 0.05) is 11.6 Å². The molecular formula is C17H17ClFNO. The number of benzene rings is 2. The molecule has 0 aliphatic carbocycles. The molecule has 2 aromatic rings. The zero-order chi connectivity index (χ0) is 15.2. The van der Waals surface area contributed by atoms with Gasteiger partial charge >= 0.3 is 0 Å². The highest BCUT2D eigenvalue weighted by molar-refractivity contribution is 6.17. The van der Waals surface area contributed by atoms with E-state index in [1.807, 2.05) is 18.2 Å². The molecule has 0 heterocycles. The van der Waals surface area contributed by atoms with Crippen molar-refractivity contribution in [1.29, 1.82) is 0 Å². The summed E-state index contributed by atoms with van der Waals surface area (Å²) in [4.78, 5) is 12.1. The van der Waals surface area contributed by atoms with Crippen molar-refractivity contribution < 1.29 is 9.18 Å². The highest BCUT2D eigenvalue weighted by Crippen LogP contribution is 2.16. The van der Waals surface area contributed by atoms with Crippen molar-refractivity contribution in [2.45, 2.75) is 19.8 Å². The first-order valence-corrected chi connectivity index (χ1v) is 7.36. The summed E-state index contributed by atoms with van der Waals surface area (Å²) in [5.74, 6) is -0.349.